The van der Waals surface area contributed by atoms with E-state index in [9.17, 15) is 4.79 Å². The van der Waals surface area contributed by atoms with E-state index in [2.05, 4.69) is 18.7 Å². The first-order valence-corrected chi connectivity index (χ1v) is 6.62. The fourth-order valence-electron chi connectivity index (χ4n) is 3.19. The number of nitrogens with zero attached hydrogens (tertiary/aromatic N) is 1. The van der Waals surface area contributed by atoms with Crippen LogP contribution >= 0.6 is 0 Å². The minimum atomic E-state index is 0.225. The normalized spacial score (nSPS) is 39.3. The molecule has 4 atom stereocenters. The van der Waals surface area contributed by atoms with Gasteiger partial charge in [-0.1, -0.05) is 20.3 Å². The van der Waals surface area contributed by atoms with Gasteiger partial charge in [-0.25, -0.2) is 0 Å². The molecular formula is C13H24N2O. The summed E-state index contributed by atoms with van der Waals surface area (Å²) in [6.07, 6.45) is 3.38. The van der Waals surface area contributed by atoms with Crippen molar-refractivity contribution >= 4 is 5.91 Å². The lowest BCUT2D eigenvalue weighted by Crippen LogP contribution is -2.37. The average molecular weight is 224 g/mol. The molecule has 1 saturated carbocycles. The molecule has 0 radical (unpaired) electrons. The van der Waals surface area contributed by atoms with E-state index < -0.39 is 0 Å². The van der Waals surface area contributed by atoms with E-state index in [1.807, 2.05) is 0 Å². The van der Waals surface area contributed by atoms with Gasteiger partial charge in [0.15, 0.2) is 0 Å². The Balaban J connectivity index is 1.97. The number of nitrogens with two attached hydrogens (primary N) is 1. The number of likely N-dealkylation sites (tertiary alicyclic amines) is 1. The first-order chi connectivity index (χ1) is 7.63. The summed E-state index contributed by atoms with van der Waals surface area (Å²) in [5.74, 6) is 2.36. The zero-order valence-corrected chi connectivity index (χ0v) is 10.5. The Morgan fingerprint density at radius 3 is 2.44 bits per heavy atom. The highest BCUT2D eigenvalue weighted by Crippen LogP contribution is 2.34. The van der Waals surface area contributed by atoms with E-state index in [4.69, 9.17) is 5.73 Å². The van der Waals surface area contributed by atoms with Gasteiger partial charge in [0.25, 0.3) is 0 Å². The molecule has 92 valence electrons. The lowest BCUT2D eigenvalue weighted by molar-refractivity contribution is -0.135. The van der Waals surface area contributed by atoms with Crippen molar-refractivity contribution in [1.29, 1.82) is 0 Å². The summed E-state index contributed by atoms with van der Waals surface area (Å²) in [7, 11) is 0. The van der Waals surface area contributed by atoms with E-state index in [0.717, 1.165) is 25.9 Å². The molecule has 0 aromatic heterocycles. The maximum atomic E-state index is 12.4. The maximum Gasteiger partial charge on any atom is 0.226 e. The van der Waals surface area contributed by atoms with Gasteiger partial charge < -0.3 is 10.6 Å². The van der Waals surface area contributed by atoms with Gasteiger partial charge in [-0.2, -0.15) is 0 Å². The van der Waals surface area contributed by atoms with Crippen LogP contribution in [0.1, 0.15) is 33.1 Å². The topological polar surface area (TPSA) is 46.3 Å². The molecule has 2 aliphatic rings. The van der Waals surface area contributed by atoms with Crippen LogP contribution in [0.3, 0.4) is 0 Å². The minimum Gasteiger partial charge on any atom is -0.342 e. The predicted molar refractivity (Wildman–Crippen MR) is 64.8 cm³/mol. The summed E-state index contributed by atoms with van der Waals surface area (Å²) in [4.78, 5) is 14.5. The maximum absolute atomic E-state index is 12.4. The van der Waals surface area contributed by atoms with Gasteiger partial charge in [0, 0.05) is 19.0 Å². The smallest absolute Gasteiger partial charge is 0.226 e. The van der Waals surface area contributed by atoms with Crippen molar-refractivity contribution in [2.24, 2.45) is 29.4 Å². The first kappa shape index (κ1) is 11.9. The Hall–Kier alpha value is -0.570. The third-order valence-corrected chi connectivity index (χ3v) is 4.58. The molecule has 2 N–H and O–H groups in total. The lowest BCUT2D eigenvalue weighted by atomic mass is 9.95. The number of carbonyl (C=O) groups is 1. The monoisotopic (exact) mass is 224 g/mol. The van der Waals surface area contributed by atoms with Crippen molar-refractivity contribution in [2.45, 2.75) is 33.1 Å². The predicted octanol–water partition coefficient (Wildman–Crippen LogP) is 1.48. The zero-order valence-electron chi connectivity index (χ0n) is 10.5. The van der Waals surface area contributed by atoms with Crippen molar-refractivity contribution in [1.82, 2.24) is 4.90 Å². The molecule has 0 bridgehead atoms. The molecule has 2 fully saturated rings. The van der Waals surface area contributed by atoms with Crippen molar-refractivity contribution in [2.75, 3.05) is 19.6 Å². The van der Waals surface area contributed by atoms with Gasteiger partial charge in [-0.3, -0.25) is 4.79 Å². The second-order valence-electron chi connectivity index (χ2n) is 5.73. The number of rotatable bonds is 2. The van der Waals surface area contributed by atoms with Crippen LogP contribution in [-0.2, 0) is 4.79 Å². The summed E-state index contributed by atoms with van der Waals surface area (Å²) >= 11 is 0. The number of hydrogen-bond donors (Lipinski definition) is 1. The Kier molecular flexibility index (Phi) is 3.53. The second-order valence-corrected chi connectivity index (χ2v) is 5.73. The summed E-state index contributed by atoms with van der Waals surface area (Å²) in [5.41, 5.74) is 5.74. The van der Waals surface area contributed by atoms with Crippen LogP contribution < -0.4 is 5.73 Å². The molecular weight excluding hydrogens is 200 g/mol. The quantitative estimate of drug-likeness (QED) is 0.772. The Bertz CT molecular complexity index is 257. The van der Waals surface area contributed by atoms with Crippen molar-refractivity contribution in [3.63, 3.8) is 0 Å². The van der Waals surface area contributed by atoms with E-state index in [1.165, 1.54) is 6.42 Å². The molecule has 1 amide bonds. The van der Waals surface area contributed by atoms with Crippen molar-refractivity contribution in [3.05, 3.63) is 0 Å². The standard InChI is InChI=1S/C13H24N2O/c1-9-7-15(8-10(9)2)13(16)12-5-3-4-11(12)6-14/h9-12H,3-8,14H2,1-2H3/t9?,10?,11-,12-/m1/s1. The summed E-state index contributed by atoms with van der Waals surface area (Å²) in [6, 6.07) is 0. The molecule has 1 aliphatic carbocycles. The van der Waals surface area contributed by atoms with E-state index >= 15 is 0 Å². The fraction of sp³-hybridized carbons (Fsp3) is 0.923. The third kappa shape index (κ3) is 2.10. The third-order valence-electron chi connectivity index (χ3n) is 4.58. The highest BCUT2D eigenvalue weighted by molar-refractivity contribution is 5.79. The van der Waals surface area contributed by atoms with E-state index in [1.54, 1.807) is 0 Å². The van der Waals surface area contributed by atoms with Gasteiger partial charge in [-0.15, -0.1) is 0 Å². The Labute approximate surface area is 98.4 Å². The number of hydrogen-bond acceptors (Lipinski definition) is 2. The summed E-state index contributed by atoms with van der Waals surface area (Å²) < 4.78 is 0. The molecule has 2 rings (SSSR count). The van der Waals surface area contributed by atoms with Crippen molar-refractivity contribution < 1.29 is 4.79 Å². The van der Waals surface area contributed by atoms with Gasteiger partial charge in [0.05, 0.1) is 0 Å². The minimum absolute atomic E-state index is 0.225. The van der Waals surface area contributed by atoms with Gasteiger partial charge in [-0.05, 0) is 37.1 Å². The molecule has 0 spiro atoms. The van der Waals surface area contributed by atoms with Crippen LogP contribution in [0.5, 0.6) is 0 Å². The van der Waals surface area contributed by atoms with Crippen molar-refractivity contribution in [3.8, 4) is 0 Å². The fourth-order valence-corrected chi connectivity index (χ4v) is 3.19. The Morgan fingerprint density at radius 1 is 1.25 bits per heavy atom. The zero-order chi connectivity index (χ0) is 11.7. The average Bonchev–Trinajstić information content (AvgIpc) is 2.85. The molecule has 1 saturated heterocycles. The molecule has 1 aliphatic heterocycles. The molecule has 1 heterocycles. The van der Waals surface area contributed by atoms with E-state index in [0.29, 0.717) is 30.2 Å². The highest BCUT2D eigenvalue weighted by Gasteiger charge is 2.38. The first-order valence-electron chi connectivity index (χ1n) is 6.62. The van der Waals surface area contributed by atoms with Crippen LogP contribution in [-0.4, -0.2) is 30.4 Å². The van der Waals surface area contributed by atoms with Gasteiger partial charge in [0.2, 0.25) is 5.91 Å². The van der Waals surface area contributed by atoms with Crippen LogP contribution in [0.15, 0.2) is 0 Å². The van der Waals surface area contributed by atoms with Crippen LogP contribution in [0, 0.1) is 23.7 Å². The molecule has 0 aromatic carbocycles. The van der Waals surface area contributed by atoms with Crippen LogP contribution in [0.2, 0.25) is 0 Å². The lowest BCUT2D eigenvalue weighted by Gasteiger charge is -2.24. The second kappa shape index (κ2) is 4.74. The van der Waals surface area contributed by atoms with Gasteiger partial charge in [0.1, 0.15) is 0 Å². The Morgan fingerprint density at radius 2 is 1.88 bits per heavy atom. The molecule has 16 heavy (non-hydrogen) atoms. The summed E-state index contributed by atoms with van der Waals surface area (Å²) in [6.45, 7) is 7.07. The molecule has 3 nitrogen and oxygen atoms in total. The largest absolute Gasteiger partial charge is 0.342 e. The van der Waals surface area contributed by atoms with E-state index in [-0.39, 0.29) is 5.92 Å². The molecule has 0 aromatic rings. The highest BCUT2D eigenvalue weighted by atomic mass is 16.2. The van der Waals surface area contributed by atoms with Gasteiger partial charge >= 0.3 is 0 Å². The number of carbonyl (C=O) groups excluding carboxylic acids is 1. The van der Waals surface area contributed by atoms with Crippen LogP contribution in [0.25, 0.3) is 0 Å². The molecule has 3 heteroatoms. The SMILES string of the molecule is CC1CN(C(=O)[C@@H]2CCC[C@@H]2CN)CC1C. The molecule has 2 unspecified atom stereocenters. The summed E-state index contributed by atoms with van der Waals surface area (Å²) in [5, 5.41) is 0. The van der Waals surface area contributed by atoms with Crippen LogP contribution in [0.4, 0.5) is 0 Å². The number of amides is 1.